The number of nitrogens with two attached hydrogens (primary N) is 2. The van der Waals surface area contributed by atoms with Crippen LogP contribution in [0.15, 0.2) is 52.4 Å². The Hall–Kier alpha value is -2.83. The Morgan fingerprint density at radius 3 is 2.41 bits per heavy atom. The van der Waals surface area contributed by atoms with Crippen LogP contribution in [0.1, 0.15) is 24.2 Å². The third-order valence-electron chi connectivity index (χ3n) is 4.28. The predicted molar refractivity (Wildman–Crippen MR) is 123 cm³/mol. The van der Waals surface area contributed by atoms with E-state index in [4.69, 9.17) is 25.4 Å². The Bertz CT molecular complexity index is 887. The van der Waals surface area contributed by atoms with Crippen LogP contribution in [0.2, 0.25) is 0 Å². The number of amides is 1. The second-order valence-corrected chi connectivity index (χ2v) is 7.16. The Balaban J connectivity index is 2.02. The van der Waals surface area contributed by atoms with E-state index in [1.54, 1.807) is 42.5 Å². The number of carbonyl (C=O) groups is 1. The number of rotatable bonds is 13. The molecule has 2 rings (SSSR count). The summed E-state index contributed by atoms with van der Waals surface area (Å²) < 4.78 is 10.9. The third kappa shape index (κ3) is 8.36. The normalized spacial score (nSPS) is 10.8. The molecular formula is C21H29N5O5S. The summed E-state index contributed by atoms with van der Waals surface area (Å²) >= 11 is 0.890. The van der Waals surface area contributed by atoms with Crippen LogP contribution in [-0.2, 0) is 9.22 Å². The van der Waals surface area contributed by atoms with Crippen molar-refractivity contribution in [2.24, 2.45) is 16.5 Å². The summed E-state index contributed by atoms with van der Waals surface area (Å²) in [7, 11) is 1.37. The zero-order chi connectivity index (χ0) is 23.3. The molecule has 0 aromatic heterocycles. The standard InChI is InChI=1S/C21H29N5O5S/c1-4-26(5-2)13-12-24-30-17-9-7-16(8-10-17)29-18-11-6-15(20(27)25-21(22)23)14-19(18)32-31-28-3/h6-11,14,24H,4-5,12-13H2,1-3H3,(H4,22,23,25,27). The Morgan fingerprint density at radius 2 is 1.78 bits per heavy atom. The minimum atomic E-state index is -0.578. The van der Waals surface area contributed by atoms with Gasteiger partial charge in [-0.05, 0) is 55.6 Å². The number of ether oxygens (including phenoxy) is 1. The lowest BCUT2D eigenvalue weighted by Crippen LogP contribution is -2.33. The van der Waals surface area contributed by atoms with E-state index in [2.05, 4.69) is 34.1 Å². The molecule has 0 heterocycles. The summed E-state index contributed by atoms with van der Waals surface area (Å²) in [5.41, 5.74) is 13.8. The highest BCUT2D eigenvalue weighted by atomic mass is 32.2. The van der Waals surface area contributed by atoms with Gasteiger partial charge in [-0.2, -0.15) is 14.8 Å². The van der Waals surface area contributed by atoms with Gasteiger partial charge in [-0.15, -0.1) is 0 Å². The van der Waals surface area contributed by atoms with Crippen LogP contribution in [0.3, 0.4) is 0 Å². The molecule has 0 saturated carbocycles. The number of carbonyl (C=O) groups excluding carboxylic acids is 1. The molecule has 1 amide bonds. The van der Waals surface area contributed by atoms with E-state index in [9.17, 15) is 4.79 Å². The first-order valence-corrected chi connectivity index (χ1v) is 10.8. The van der Waals surface area contributed by atoms with Gasteiger partial charge in [0.2, 0.25) is 0 Å². The number of benzene rings is 2. The highest BCUT2D eigenvalue weighted by molar-refractivity contribution is 7.94. The summed E-state index contributed by atoms with van der Waals surface area (Å²) in [4.78, 5) is 28.6. The zero-order valence-corrected chi connectivity index (χ0v) is 19.2. The van der Waals surface area contributed by atoms with Gasteiger partial charge in [0.25, 0.3) is 5.91 Å². The van der Waals surface area contributed by atoms with Crippen molar-refractivity contribution in [1.29, 1.82) is 0 Å². The number of hydrogen-bond donors (Lipinski definition) is 3. The van der Waals surface area contributed by atoms with Gasteiger partial charge >= 0.3 is 0 Å². The van der Waals surface area contributed by atoms with Gasteiger partial charge in [-0.1, -0.05) is 13.8 Å². The molecule has 0 aliphatic carbocycles. The molecule has 32 heavy (non-hydrogen) atoms. The second kappa shape index (κ2) is 13.6. The van der Waals surface area contributed by atoms with Crippen molar-refractivity contribution < 1.29 is 23.6 Å². The molecule has 0 bridgehead atoms. The number of nitrogens with zero attached hydrogens (tertiary/aromatic N) is 2. The summed E-state index contributed by atoms with van der Waals surface area (Å²) in [6, 6.07) is 11.8. The van der Waals surface area contributed by atoms with Crippen molar-refractivity contribution >= 4 is 23.9 Å². The van der Waals surface area contributed by atoms with Crippen molar-refractivity contribution in [2.75, 3.05) is 33.3 Å². The first-order valence-electron chi connectivity index (χ1n) is 10.0. The van der Waals surface area contributed by atoms with Crippen molar-refractivity contribution in [3.63, 3.8) is 0 Å². The molecule has 2 aromatic carbocycles. The van der Waals surface area contributed by atoms with Gasteiger partial charge < -0.3 is 25.9 Å². The molecule has 174 valence electrons. The maximum Gasteiger partial charge on any atom is 0.280 e. The van der Waals surface area contributed by atoms with Gasteiger partial charge in [0.05, 0.1) is 24.0 Å². The molecule has 0 fully saturated rings. The van der Waals surface area contributed by atoms with Gasteiger partial charge in [0.15, 0.2) is 5.96 Å². The van der Waals surface area contributed by atoms with Gasteiger partial charge in [0, 0.05) is 18.7 Å². The van der Waals surface area contributed by atoms with Crippen molar-refractivity contribution in [2.45, 2.75) is 18.7 Å². The van der Waals surface area contributed by atoms with Crippen molar-refractivity contribution in [1.82, 2.24) is 10.4 Å². The number of nitrogens with one attached hydrogen (secondary N) is 1. The highest BCUT2D eigenvalue weighted by Crippen LogP contribution is 2.35. The number of hydroxylamine groups is 1. The molecule has 0 radical (unpaired) electrons. The lowest BCUT2D eigenvalue weighted by molar-refractivity contribution is -0.160. The van der Waals surface area contributed by atoms with E-state index in [0.717, 1.165) is 31.7 Å². The lowest BCUT2D eigenvalue weighted by atomic mass is 10.2. The van der Waals surface area contributed by atoms with Gasteiger partial charge in [0.1, 0.15) is 17.2 Å². The van der Waals surface area contributed by atoms with Crippen LogP contribution in [0, 0.1) is 0 Å². The molecule has 10 nitrogen and oxygen atoms in total. The number of hydrogen-bond acceptors (Lipinski definition) is 8. The Kier molecular flexibility index (Phi) is 10.8. The monoisotopic (exact) mass is 463 g/mol. The SMILES string of the molecule is CCN(CC)CCNOc1ccc(Oc2ccc(C(=O)N=C(N)N)cc2SOOC)cc1. The summed E-state index contributed by atoms with van der Waals surface area (Å²) in [6.07, 6.45) is 0. The largest absolute Gasteiger partial charge is 0.456 e. The first-order chi connectivity index (χ1) is 15.5. The molecule has 5 N–H and O–H groups in total. The fourth-order valence-electron chi connectivity index (χ4n) is 2.62. The van der Waals surface area contributed by atoms with Crippen LogP contribution in [-0.4, -0.2) is 50.1 Å². The maximum absolute atomic E-state index is 12.1. The van der Waals surface area contributed by atoms with Crippen LogP contribution in [0.5, 0.6) is 17.2 Å². The van der Waals surface area contributed by atoms with Crippen LogP contribution in [0.25, 0.3) is 0 Å². The zero-order valence-electron chi connectivity index (χ0n) is 18.4. The van der Waals surface area contributed by atoms with E-state index < -0.39 is 5.91 Å². The minimum absolute atomic E-state index is 0.271. The molecule has 11 heteroatoms. The quantitative estimate of drug-likeness (QED) is 0.102. The van der Waals surface area contributed by atoms with Crippen LogP contribution < -0.4 is 26.5 Å². The minimum Gasteiger partial charge on any atom is -0.456 e. The van der Waals surface area contributed by atoms with E-state index >= 15 is 0 Å². The number of guanidine groups is 1. The second-order valence-electron chi connectivity index (χ2n) is 6.42. The van der Waals surface area contributed by atoms with E-state index in [1.807, 2.05) is 0 Å². The van der Waals surface area contributed by atoms with Crippen molar-refractivity contribution in [3.05, 3.63) is 48.0 Å². The topological polar surface area (TPSA) is 134 Å². The Morgan fingerprint density at radius 1 is 1.09 bits per heavy atom. The van der Waals surface area contributed by atoms with E-state index in [-0.39, 0.29) is 11.5 Å². The number of likely N-dealkylation sites (N-methyl/N-ethyl adjacent to an activating group) is 1. The van der Waals surface area contributed by atoms with E-state index in [1.165, 1.54) is 7.11 Å². The average Bonchev–Trinajstić information content (AvgIpc) is 2.79. The van der Waals surface area contributed by atoms with Gasteiger partial charge in [-0.3, -0.25) is 4.79 Å². The lowest BCUT2D eigenvalue weighted by Gasteiger charge is -2.18. The smallest absolute Gasteiger partial charge is 0.280 e. The molecule has 0 aliphatic heterocycles. The van der Waals surface area contributed by atoms with Crippen LogP contribution >= 0.6 is 12.0 Å². The molecule has 0 unspecified atom stereocenters. The predicted octanol–water partition coefficient (Wildman–Crippen LogP) is 2.70. The number of aliphatic imine (C=N–C) groups is 1. The fourth-order valence-corrected chi connectivity index (χ4v) is 3.13. The van der Waals surface area contributed by atoms with Gasteiger partial charge in [-0.25, -0.2) is 4.89 Å². The molecule has 0 atom stereocenters. The molecule has 0 spiro atoms. The molecular weight excluding hydrogens is 434 g/mol. The summed E-state index contributed by atoms with van der Waals surface area (Å²) in [5.74, 6) is 0.795. The van der Waals surface area contributed by atoms with Crippen LogP contribution in [0.4, 0.5) is 0 Å². The first kappa shape index (κ1) is 25.4. The third-order valence-corrected chi connectivity index (χ3v) is 4.98. The summed E-state index contributed by atoms with van der Waals surface area (Å²) in [5, 5.41) is 0. The highest BCUT2D eigenvalue weighted by Gasteiger charge is 2.13. The molecule has 0 saturated heterocycles. The average molecular weight is 464 g/mol. The Labute approximate surface area is 191 Å². The maximum atomic E-state index is 12.1. The fraction of sp³-hybridized carbons (Fsp3) is 0.333. The molecule has 0 aliphatic rings. The summed E-state index contributed by atoms with van der Waals surface area (Å²) in [6.45, 7) is 7.88. The van der Waals surface area contributed by atoms with E-state index in [0.29, 0.717) is 28.7 Å². The molecule has 2 aromatic rings. The van der Waals surface area contributed by atoms with Crippen molar-refractivity contribution in [3.8, 4) is 17.2 Å².